The molecule has 0 aromatic heterocycles. The first-order valence-corrected chi connectivity index (χ1v) is 11.6. The van der Waals surface area contributed by atoms with Crippen molar-refractivity contribution in [3.63, 3.8) is 0 Å². The fourth-order valence-electron chi connectivity index (χ4n) is 7.31. The van der Waals surface area contributed by atoms with Crippen LogP contribution < -0.4 is 0 Å². The van der Waals surface area contributed by atoms with Crippen LogP contribution in [0.3, 0.4) is 0 Å². The average molecular weight is 409 g/mol. The molecule has 0 aliphatic heterocycles. The van der Waals surface area contributed by atoms with Gasteiger partial charge in [-0.1, -0.05) is 37.6 Å². The van der Waals surface area contributed by atoms with Gasteiger partial charge in [-0.15, -0.1) is 0 Å². The minimum Gasteiger partial charge on any atom is -0.393 e. The zero-order valence-corrected chi connectivity index (χ0v) is 18.1. The third-order valence-corrected chi connectivity index (χ3v) is 9.07. The first-order valence-electron chi connectivity index (χ1n) is 11.6. The quantitative estimate of drug-likeness (QED) is 0.368. The lowest BCUT2D eigenvalue weighted by Crippen LogP contribution is -2.50. The highest BCUT2D eigenvalue weighted by atomic mass is 19.1. The van der Waals surface area contributed by atoms with Crippen LogP contribution in [0.25, 0.3) is 0 Å². The van der Waals surface area contributed by atoms with E-state index in [1.54, 1.807) is 18.3 Å². The van der Waals surface area contributed by atoms with Crippen molar-refractivity contribution < 1.29 is 9.50 Å². The van der Waals surface area contributed by atoms with Crippen molar-refractivity contribution in [2.24, 2.45) is 38.8 Å². The van der Waals surface area contributed by atoms with Crippen molar-refractivity contribution in [2.75, 3.05) is 0 Å². The zero-order chi connectivity index (χ0) is 20.9. The van der Waals surface area contributed by atoms with Gasteiger partial charge in [0.25, 0.3) is 0 Å². The molecule has 0 radical (unpaired) electrons. The van der Waals surface area contributed by atoms with Crippen molar-refractivity contribution in [2.45, 2.75) is 71.3 Å². The molecule has 0 unspecified atom stereocenters. The van der Waals surface area contributed by atoms with Gasteiger partial charge in [0.1, 0.15) is 5.82 Å². The molecule has 4 heteroatoms. The summed E-state index contributed by atoms with van der Waals surface area (Å²) in [6.45, 7) is 4.89. The number of benzene rings is 1. The van der Waals surface area contributed by atoms with Crippen LogP contribution in [0.2, 0.25) is 0 Å². The van der Waals surface area contributed by atoms with E-state index in [1.165, 1.54) is 42.7 Å². The van der Waals surface area contributed by atoms with E-state index in [0.717, 1.165) is 49.5 Å². The molecule has 6 atom stereocenters. The Kier molecular flexibility index (Phi) is 4.96. The maximum Gasteiger partial charge on any atom is 0.123 e. The smallest absolute Gasteiger partial charge is 0.123 e. The third kappa shape index (κ3) is 3.19. The van der Waals surface area contributed by atoms with E-state index in [0.29, 0.717) is 5.92 Å². The number of hydrogen-bond donors (Lipinski definition) is 1. The van der Waals surface area contributed by atoms with Crippen molar-refractivity contribution in [3.05, 3.63) is 47.3 Å². The number of allylic oxidation sites excluding steroid dienone is 1. The molecule has 3 fully saturated rings. The number of rotatable bonds is 2. The summed E-state index contributed by atoms with van der Waals surface area (Å²) in [5, 5.41) is 19.2. The fraction of sp³-hybridized carbons (Fsp3) is 0.615. The molecule has 0 amide bonds. The number of hydrogen-bond acceptors (Lipinski definition) is 3. The maximum atomic E-state index is 13.1. The largest absolute Gasteiger partial charge is 0.393 e. The van der Waals surface area contributed by atoms with Crippen molar-refractivity contribution in [1.82, 2.24) is 0 Å². The summed E-state index contributed by atoms with van der Waals surface area (Å²) in [5.41, 5.74) is 4.09. The first-order chi connectivity index (χ1) is 14.4. The van der Waals surface area contributed by atoms with Crippen LogP contribution in [0.5, 0.6) is 0 Å². The van der Waals surface area contributed by atoms with Crippen LogP contribution in [-0.4, -0.2) is 23.1 Å². The Bertz CT molecular complexity index is 904. The van der Waals surface area contributed by atoms with E-state index < -0.39 is 0 Å². The molecule has 4 aliphatic carbocycles. The van der Waals surface area contributed by atoms with E-state index >= 15 is 0 Å². The van der Waals surface area contributed by atoms with Gasteiger partial charge in [0.05, 0.1) is 12.3 Å². The van der Waals surface area contributed by atoms with Gasteiger partial charge < -0.3 is 5.11 Å². The number of aliphatic hydroxyl groups excluding tert-OH is 1. The van der Waals surface area contributed by atoms with E-state index in [-0.39, 0.29) is 22.8 Å². The topological polar surface area (TPSA) is 45.0 Å². The predicted octanol–water partition coefficient (Wildman–Crippen LogP) is 5.92. The lowest BCUT2D eigenvalue weighted by molar-refractivity contribution is -0.0209. The van der Waals surface area contributed by atoms with Crippen molar-refractivity contribution in [1.29, 1.82) is 0 Å². The lowest BCUT2D eigenvalue weighted by atomic mass is 9.48. The van der Waals surface area contributed by atoms with Gasteiger partial charge in [0.15, 0.2) is 0 Å². The van der Waals surface area contributed by atoms with Crippen LogP contribution in [0.15, 0.2) is 46.1 Å². The van der Waals surface area contributed by atoms with Crippen LogP contribution in [0.4, 0.5) is 4.39 Å². The van der Waals surface area contributed by atoms with Crippen LogP contribution in [-0.2, 0) is 0 Å². The van der Waals surface area contributed by atoms with Gasteiger partial charge in [0.2, 0.25) is 0 Å². The maximum absolute atomic E-state index is 13.1. The molecule has 5 rings (SSSR count). The van der Waals surface area contributed by atoms with Crippen LogP contribution >= 0.6 is 0 Å². The lowest BCUT2D eigenvalue weighted by Gasteiger charge is -2.57. The summed E-state index contributed by atoms with van der Waals surface area (Å²) >= 11 is 0. The number of aliphatic hydroxyl groups is 1. The molecule has 3 saturated carbocycles. The summed E-state index contributed by atoms with van der Waals surface area (Å²) in [7, 11) is 0. The Labute approximate surface area is 179 Å². The highest BCUT2D eigenvalue weighted by molar-refractivity contribution is 5.93. The molecule has 160 valence electrons. The molecule has 4 aliphatic rings. The number of halogens is 1. The molecule has 3 nitrogen and oxygen atoms in total. The molecule has 0 bridgehead atoms. The molecule has 1 N–H and O–H groups in total. The number of nitrogens with zero attached hydrogens (tertiary/aromatic N) is 2. The first kappa shape index (κ1) is 20.1. The summed E-state index contributed by atoms with van der Waals surface area (Å²) < 4.78 is 13.1. The second-order valence-corrected chi connectivity index (χ2v) is 10.5. The van der Waals surface area contributed by atoms with Crippen molar-refractivity contribution in [3.8, 4) is 0 Å². The standard InChI is InChI=1S/C26H33FN2O/c1-25-13-11-20(30)15-18(25)5-8-21-22-9-10-24(26(22,2)14-12-23(21)25)29-28-16-17-3-6-19(27)7-4-17/h3-7,16,20-23,30H,8-15H2,1-2H3/b28-16-,29-24-/t20-,21+,22-,23+,25-,26-/m0/s1. The second kappa shape index (κ2) is 7.40. The summed E-state index contributed by atoms with van der Waals surface area (Å²) in [5.74, 6) is 1.91. The van der Waals surface area contributed by atoms with E-state index in [4.69, 9.17) is 0 Å². The monoisotopic (exact) mass is 408 g/mol. The SMILES string of the molecule is C[C@]12CC[C@H](O)CC1=CC[C@H]1[C@H]2CC[C@]2(C)/C(=N\N=C/c3ccc(F)cc3)CC[C@@H]12. The molecule has 0 spiro atoms. The zero-order valence-electron chi connectivity index (χ0n) is 18.1. The third-order valence-electron chi connectivity index (χ3n) is 9.07. The van der Waals surface area contributed by atoms with E-state index in [2.05, 4.69) is 30.1 Å². The van der Waals surface area contributed by atoms with Gasteiger partial charge in [-0.2, -0.15) is 10.2 Å². The average Bonchev–Trinajstić information content (AvgIpc) is 3.06. The molecule has 0 saturated heterocycles. The Hall–Kier alpha value is -1.81. The molecule has 1 aromatic carbocycles. The molecule has 0 heterocycles. The molecular weight excluding hydrogens is 375 g/mol. The Morgan fingerprint density at radius 3 is 2.57 bits per heavy atom. The van der Waals surface area contributed by atoms with Gasteiger partial charge in [-0.3, -0.25) is 0 Å². The van der Waals surface area contributed by atoms with Crippen molar-refractivity contribution >= 4 is 11.9 Å². The molecular formula is C26H33FN2O. The highest BCUT2D eigenvalue weighted by Gasteiger charge is 2.57. The minimum atomic E-state index is -0.229. The van der Waals surface area contributed by atoms with Gasteiger partial charge >= 0.3 is 0 Å². The van der Waals surface area contributed by atoms with Gasteiger partial charge in [0, 0.05) is 11.1 Å². The highest BCUT2D eigenvalue weighted by Crippen LogP contribution is 2.64. The van der Waals surface area contributed by atoms with E-state index in [9.17, 15) is 9.50 Å². The molecule has 30 heavy (non-hydrogen) atoms. The van der Waals surface area contributed by atoms with Crippen LogP contribution in [0.1, 0.15) is 70.8 Å². The van der Waals surface area contributed by atoms with Gasteiger partial charge in [-0.05, 0) is 92.2 Å². The Morgan fingerprint density at radius 1 is 1.03 bits per heavy atom. The van der Waals surface area contributed by atoms with Crippen LogP contribution in [0, 0.1) is 34.4 Å². The predicted molar refractivity (Wildman–Crippen MR) is 119 cm³/mol. The number of fused-ring (bicyclic) bond motifs is 5. The Morgan fingerprint density at radius 2 is 1.77 bits per heavy atom. The summed E-state index contributed by atoms with van der Waals surface area (Å²) in [6.07, 6.45) is 12.9. The summed E-state index contributed by atoms with van der Waals surface area (Å²) in [6, 6.07) is 6.38. The Balaban J connectivity index is 1.37. The fourth-order valence-corrected chi connectivity index (χ4v) is 7.31. The van der Waals surface area contributed by atoms with E-state index in [1.807, 2.05) is 0 Å². The summed E-state index contributed by atoms with van der Waals surface area (Å²) in [4.78, 5) is 0. The normalized spacial score (nSPS) is 42.0. The second-order valence-electron chi connectivity index (χ2n) is 10.5. The minimum absolute atomic E-state index is 0.140. The molecule has 1 aromatic rings. The van der Waals surface area contributed by atoms with Gasteiger partial charge in [-0.25, -0.2) is 4.39 Å².